The Hall–Kier alpha value is -4.08. The Morgan fingerprint density at radius 1 is 0.632 bits per heavy atom. The third-order valence-corrected chi connectivity index (χ3v) is 4.93. The first kappa shape index (κ1) is 30.1. The van der Waals surface area contributed by atoms with Crippen molar-refractivity contribution >= 4 is 23.8 Å². The fourth-order valence-corrected chi connectivity index (χ4v) is 3.31. The molecule has 0 aromatic heterocycles. The third kappa shape index (κ3) is 10.1. The zero-order chi connectivity index (χ0) is 28.7. The van der Waals surface area contributed by atoms with E-state index in [0.717, 1.165) is 0 Å². The number of nitrogens with one attached hydrogen (secondary N) is 2. The van der Waals surface area contributed by atoms with Crippen LogP contribution < -0.4 is 10.6 Å². The van der Waals surface area contributed by atoms with E-state index in [0.29, 0.717) is 11.1 Å². The van der Waals surface area contributed by atoms with Gasteiger partial charge in [-0.15, -0.1) is 0 Å². The number of aromatic hydroxyl groups is 2. The minimum Gasteiger partial charge on any atom is -0.508 e. The molecule has 2 rings (SSSR count). The lowest BCUT2D eigenvalue weighted by Crippen LogP contribution is -2.40. The van der Waals surface area contributed by atoms with Crippen molar-refractivity contribution in [2.45, 2.75) is 77.7 Å². The monoisotopic (exact) mass is 528 g/mol. The molecule has 0 bridgehead atoms. The van der Waals surface area contributed by atoms with Crippen LogP contribution in [0, 0.1) is 0 Å². The second kappa shape index (κ2) is 12.4. The summed E-state index contributed by atoms with van der Waals surface area (Å²) < 4.78 is 10.8. The minimum atomic E-state index is -1.16. The van der Waals surface area contributed by atoms with E-state index in [2.05, 4.69) is 10.6 Å². The fraction of sp³-hybridized carbons (Fsp3) is 0.429. The van der Waals surface area contributed by atoms with Gasteiger partial charge in [0.05, 0.1) is 0 Å². The molecule has 4 N–H and O–H groups in total. The summed E-state index contributed by atoms with van der Waals surface area (Å²) in [5.41, 5.74) is -0.817. The highest BCUT2D eigenvalue weighted by molar-refractivity contribution is 5.90. The van der Waals surface area contributed by atoms with E-state index in [-0.39, 0.29) is 24.3 Å². The Bertz CT molecular complexity index is 1040. The number of rotatable bonds is 9. The van der Waals surface area contributed by atoms with Gasteiger partial charge in [0.25, 0.3) is 0 Å². The Morgan fingerprint density at radius 2 is 0.921 bits per heavy atom. The Kier molecular flexibility index (Phi) is 9.87. The lowest BCUT2D eigenvalue weighted by atomic mass is 10.0. The molecule has 0 radical (unpaired) electrons. The average Bonchev–Trinajstić information content (AvgIpc) is 2.78. The molecule has 10 heteroatoms. The van der Waals surface area contributed by atoms with Gasteiger partial charge < -0.3 is 30.3 Å². The molecule has 0 aliphatic heterocycles. The Labute approximate surface area is 222 Å². The molecular formula is C28H36N2O8. The maximum Gasteiger partial charge on any atom is 0.333 e. The zero-order valence-electron chi connectivity index (χ0n) is 22.5. The van der Waals surface area contributed by atoms with Gasteiger partial charge in [-0.25, -0.2) is 9.59 Å². The molecule has 2 aromatic rings. The molecule has 2 unspecified atom stereocenters. The summed E-state index contributed by atoms with van der Waals surface area (Å²) in [6.45, 7) is 10.2. The molecule has 38 heavy (non-hydrogen) atoms. The van der Waals surface area contributed by atoms with Gasteiger partial charge in [-0.1, -0.05) is 24.3 Å². The smallest absolute Gasteiger partial charge is 0.333 e. The molecule has 0 spiro atoms. The van der Waals surface area contributed by atoms with Crippen LogP contribution in [0.1, 0.15) is 77.6 Å². The number of phenols is 2. The number of carbonyl (C=O) groups is 4. The number of ether oxygens (including phenoxy) is 2. The quantitative estimate of drug-likeness (QED) is 0.361. The van der Waals surface area contributed by atoms with E-state index in [9.17, 15) is 29.4 Å². The molecular weight excluding hydrogens is 492 g/mol. The van der Waals surface area contributed by atoms with Crippen molar-refractivity contribution in [2.75, 3.05) is 0 Å². The van der Waals surface area contributed by atoms with Crippen molar-refractivity contribution < 1.29 is 38.9 Å². The summed E-state index contributed by atoms with van der Waals surface area (Å²) in [6.07, 6.45) is -0.556. The van der Waals surface area contributed by atoms with Crippen molar-refractivity contribution in [2.24, 2.45) is 0 Å². The first-order chi connectivity index (χ1) is 17.5. The predicted octanol–water partition coefficient (Wildman–Crippen LogP) is 3.58. The molecule has 0 aliphatic rings. The zero-order valence-corrected chi connectivity index (χ0v) is 22.5. The van der Waals surface area contributed by atoms with Crippen molar-refractivity contribution in [1.29, 1.82) is 0 Å². The average molecular weight is 529 g/mol. The molecule has 2 atom stereocenters. The molecule has 0 saturated heterocycles. The van der Waals surface area contributed by atoms with Gasteiger partial charge in [0.15, 0.2) is 12.1 Å². The van der Waals surface area contributed by atoms with E-state index >= 15 is 0 Å². The van der Waals surface area contributed by atoms with E-state index < -0.39 is 47.0 Å². The third-order valence-electron chi connectivity index (χ3n) is 4.93. The van der Waals surface area contributed by atoms with Gasteiger partial charge in [0.2, 0.25) is 11.8 Å². The molecule has 10 nitrogen and oxygen atoms in total. The maximum absolute atomic E-state index is 12.8. The van der Waals surface area contributed by atoms with E-state index in [1.54, 1.807) is 41.5 Å². The lowest BCUT2D eigenvalue weighted by molar-refractivity contribution is -0.160. The van der Waals surface area contributed by atoms with Gasteiger partial charge in [0.1, 0.15) is 22.7 Å². The van der Waals surface area contributed by atoms with Crippen LogP contribution in [0.3, 0.4) is 0 Å². The van der Waals surface area contributed by atoms with Crippen LogP contribution in [-0.2, 0) is 28.7 Å². The summed E-state index contributed by atoms with van der Waals surface area (Å²) in [5.74, 6) is -2.59. The SMILES string of the molecule is CC(C)(C)OC(=O)C(NC(=O)CCC(=O)NC(C(=O)OC(C)(C)C)c1ccc(O)cc1)c1ccc(O)cc1. The highest BCUT2D eigenvalue weighted by atomic mass is 16.6. The summed E-state index contributed by atoms with van der Waals surface area (Å²) >= 11 is 0. The minimum absolute atomic E-state index is 0.00661. The lowest BCUT2D eigenvalue weighted by Gasteiger charge is -2.25. The summed E-state index contributed by atoms with van der Waals surface area (Å²) in [4.78, 5) is 51.0. The molecule has 0 heterocycles. The van der Waals surface area contributed by atoms with E-state index in [1.165, 1.54) is 48.5 Å². The molecule has 206 valence electrons. The number of amides is 2. The number of hydrogen-bond acceptors (Lipinski definition) is 8. The van der Waals surface area contributed by atoms with Crippen LogP contribution in [0.4, 0.5) is 0 Å². The number of esters is 2. The second-order valence-corrected chi connectivity index (χ2v) is 10.8. The molecule has 0 aliphatic carbocycles. The number of carbonyl (C=O) groups excluding carboxylic acids is 4. The standard InChI is InChI=1S/C28H36N2O8/c1-27(2,3)37-25(35)23(17-7-11-19(31)12-8-17)29-21(33)15-16-22(34)30-24(26(36)38-28(4,5)6)18-9-13-20(32)14-10-18/h7-14,23-24,31-32H,15-16H2,1-6H3,(H,29,33)(H,30,34). The van der Waals surface area contributed by atoms with Crippen LogP contribution in [0.2, 0.25) is 0 Å². The first-order valence-corrected chi connectivity index (χ1v) is 12.2. The maximum atomic E-state index is 12.8. The van der Waals surface area contributed by atoms with Crippen molar-refractivity contribution in [3.63, 3.8) is 0 Å². The normalized spacial score (nSPS) is 13.1. The largest absolute Gasteiger partial charge is 0.508 e. The van der Waals surface area contributed by atoms with Crippen LogP contribution in [-0.4, -0.2) is 45.2 Å². The Balaban J connectivity index is 2.10. The second-order valence-electron chi connectivity index (χ2n) is 10.8. The summed E-state index contributed by atoms with van der Waals surface area (Å²) in [6, 6.07) is 9.16. The predicted molar refractivity (Wildman–Crippen MR) is 139 cm³/mol. The van der Waals surface area contributed by atoms with Crippen molar-refractivity contribution in [3.8, 4) is 11.5 Å². The number of hydrogen-bond donors (Lipinski definition) is 4. The van der Waals surface area contributed by atoms with Gasteiger partial charge in [0, 0.05) is 12.8 Å². The number of phenolic OH excluding ortho intramolecular Hbond substituents is 2. The van der Waals surface area contributed by atoms with Crippen LogP contribution in [0.5, 0.6) is 11.5 Å². The molecule has 0 saturated carbocycles. The highest BCUT2D eigenvalue weighted by Gasteiger charge is 2.30. The highest BCUT2D eigenvalue weighted by Crippen LogP contribution is 2.23. The summed E-state index contributed by atoms with van der Waals surface area (Å²) in [5, 5.41) is 24.3. The topological polar surface area (TPSA) is 151 Å². The molecule has 2 aromatic carbocycles. The Morgan fingerprint density at radius 3 is 1.18 bits per heavy atom. The van der Waals surface area contributed by atoms with Gasteiger partial charge in [-0.3, -0.25) is 9.59 Å². The van der Waals surface area contributed by atoms with Gasteiger partial charge in [-0.05, 0) is 76.9 Å². The number of benzene rings is 2. The van der Waals surface area contributed by atoms with Crippen molar-refractivity contribution in [3.05, 3.63) is 59.7 Å². The van der Waals surface area contributed by atoms with Crippen LogP contribution in [0.25, 0.3) is 0 Å². The van der Waals surface area contributed by atoms with E-state index in [1.807, 2.05) is 0 Å². The molecule has 2 amide bonds. The summed E-state index contributed by atoms with van der Waals surface area (Å²) in [7, 11) is 0. The van der Waals surface area contributed by atoms with Gasteiger partial charge in [-0.2, -0.15) is 0 Å². The van der Waals surface area contributed by atoms with Gasteiger partial charge >= 0.3 is 11.9 Å². The molecule has 0 fully saturated rings. The van der Waals surface area contributed by atoms with Crippen LogP contribution in [0.15, 0.2) is 48.5 Å². The fourth-order valence-electron chi connectivity index (χ4n) is 3.31. The van der Waals surface area contributed by atoms with E-state index in [4.69, 9.17) is 9.47 Å². The van der Waals surface area contributed by atoms with Crippen molar-refractivity contribution in [1.82, 2.24) is 10.6 Å². The first-order valence-electron chi connectivity index (χ1n) is 12.2. The van der Waals surface area contributed by atoms with Crippen LogP contribution >= 0.6 is 0 Å².